The van der Waals surface area contributed by atoms with Gasteiger partial charge in [0.05, 0.1) is 11.9 Å². The number of carboxylic acid groups (broad SMARTS) is 1. The third kappa shape index (κ3) is 5.01. The molecule has 1 rings (SSSR count). The summed E-state index contributed by atoms with van der Waals surface area (Å²) in [6.45, 7) is -0.289. The first kappa shape index (κ1) is 15.0. The van der Waals surface area contributed by atoms with Crippen LogP contribution in [0.4, 0.5) is 0 Å². The summed E-state index contributed by atoms with van der Waals surface area (Å²) in [6.07, 6.45) is 1.10. The summed E-state index contributed by atoms with van der Waals surface area (Å²) in [6, 6.07) is 0. The van der Waals surface area contributed by atoms with E-state index in [4.69, 9.17) is 5.11 Å². The van der Waals surface area contributed by atoms with Gasteiger partial charge in [-0.25, -0.2) is 22.6 Å². The fourth-order valence-corrected chi connectivity index (χ4v) is 1.68. The molecule has 10 nitrogen and oxygen atoms in total. The summed E-state index contributed by atoms with van der Waals surface area (Å²) in [4.78, 5) is 21.9. The fourth-order valence-electron chi connectivity index (χ4n) is 1.10. The van der Waals surface area contributed by atoms with Gasteiger partial charge in [-0.05, 0) is 7.05 Å². The molecule has 0 aliphatic heterocycles. The van der Waals surface area contributed by atoms with Crippen molar-refractivity contribution in [1.82, 2.24) is 25.0 Å². The Balaban J connectivity index is 2.41. The molecule has 0 aromatic carbocycles. The Morgan fingerprint density at radius 2 is 2.16 bits per heavy atom. The van der Waals surface area contributed by atoms with E-state index in [0.29, 0.717) is 0 Å². The number of carbonyl (C=O) groups excluding carboxylic acids is 1. The van der Waals surface area contributed by atoms with Crippen molar-refractivity contribution in [3.05, 3.63) is 11.9 Å². The summed E-state index contributed by atoms with van der Waals surface area (Å²) in [5.41, 5.74) is -0.273. The van der Waals surface area contributed by atoms with Crippen LogP contribution < -0.4 is 10.0 Å². The van der Waals surface area contributed by atoms with Gasteiger partial charge in [-0.2, -0.15) is 0 Å². The number of amides is 1. The van der Waals surface area contributed by atoms with Crippen LogP contribution in [-0.2, 0) is 21.4 Å². The molecule has 0 saturated heterocycles. The predicted octanol–water partition coefficient (Wildman–Crippen LogP) is -2.36. The highest BCUT2D eigenvalue weighted by Gasteiger charge is 2.11. The fraction of sp³-hybridized carbons (Fsp3) is 0.500. The minimum Gasteiger partial charge on any atom is -0.476 e. The van der Waals surface area contributed by atoms with Crippen LogP contribution in [0.5, 0.6) is 0 Å². The Labute approximate surface area is 108 Å². The summed E-state index contributed by atoms with van der Waals surface area (Å²) in [5, 5.41) is 17.7. The third-order valence-corrected chi connectivity index (χ3v) is 3.43. The van der Waals surface area contributed by atoms with E-state index in [9.17, 15) is 18.0 Å². The van der Waals surface area contributed by atoms with Crippen molar-refractivity contribution < 1.29 is 23.1 Å². The van der Waals surface area contributed by atoms with Crippen molar-refractivity contribution >= 4 is 21.9 Å². The quantitative estimate of drug-likeness (QED) is 0.510. The zero-order valence-corrected chi connectivity index (χ0v) is 10.8. The van der Waals surface area contributed by atoms with Gasteiger partial charge in [-0.3, -0.25) is 4.79 Å². The Morgan fingerprint density at radius 3 is 2.68 bits per heavy atom. The topological polar surface area (TPSA) is 143 Å². The van der Waals surface area contributed by atoms with Crippen LogP contribution in [-0.4, -0.2) is 59.7 Å². The number of hydrogen-bond acceptors (Lipinski definition) is 6. The monoisotopic (exact) mass is 291 g/mol. The highest BCUT2D eigenvalue weighted by atomic mass is 32.2. The Kier molecular flexibility index (Phi) is 4.94. The lowest BCUT2D eigenvalue weighted by Gasteiger charge is -2.05. The maximum absolute atomic E-state index is 11.4. The lowest BCUT2D eigenvalue weighted by molar-refractivity contribution is -0.121. The molecule has 0 bridgehead atoms. The highest BCUT2D eigenvalue weighted by molar-refractivity contribution is 7.89. The molecule has 0 fully saturated rings. The third-order valence-electron chi connectivity index (χ3n) is 2.07. The summed E-state index contributed by atoms with van der Waals surface area (Å²) >= 11 is 0. The van der Waals surface area contributed by atoms with Crippen molar-refractivity contribution in [2.45, 2.75) is 6.54 Å². The first-order valence-corrected chi connectivity index (χ1v) is 6.80. The van der Waals surface area contributed by atoms with Gasteiger partial charge in [0.25, 0.3) is 0 Å². The van der Waals surface area contributed by atoms with Crippen LogP contribution in [0.3, 0.4) is 0 Å². The molecule has 0 radical (unpaired) electrons. The molecule has 0 aliphatic carbocycles. The molecular weight excluding hydrogens is 278 g/mol. The maximum atomic E-state index is 11.4. The van der Waals surface area contributed by atoms with Gasteiger partial charge < -0.3 is 10.4 Å². The molecule has 1 heterocycles. The molecule has 11 heteroatoms. The summed E-state index contributed by atoms with van der Waals surface area (Å²) in [7, 11) is -2.09. The smallest absolute Gasteiger partial charge is 0.358 e. The lowest BCUT2D eigenvalue weighted by atomic mass is 10.5. The van der Waals surface area contributed by atoms with E-state index in [1.54, 1.807) is 0 Å². The molecular formula is C8H13N5O5S. The van der Waals surface area contributed by atoms with E-state index >= 15 is 0 Å². The first-order valence-electron chi connectivity index (χ1n) is 5.15. The molecule has 0 unspecified atom stereocenters. The van der Waals surface area contributed by atoms with E-state index in [1.807, 2.05) is 0 Å². The number of nitrogens with zero attached hydrogens (tertiary/aromatic N) is 3. The number of rotatable bonds is 7. The van der Waals surface area contributed by atoms with Gasteiger partial charge in [0, 0.05) is 6.54 Å². The SMILES string of the molecule is CNS(=O)(=O)CCNC(=O)Cn1cc(C(=O)O)nn1. The highest BCUT2D eigenvalue weighted by Crippen LogP contribution is 1.92. The van der Waals surface area contributed by atoms with E-state index in [2.05, 4.69) is 20.4 Å². The Hall–Kier alpha value is -2.01. The number of hydrogen-bond donors (Lipinski definition) is 3. The Bertz CT molecular complexity index is 566. The van der Waals surface area contributed by atoms with E-state index in [0.717, 1.165) is 10.9 Å². The second-order valence-corrected chi connectivity index (χ2v) is 5.53. The predicted molar refractivity (Wildman–Crippen MR) is 62.8 cm³/mol. The van der Waals surface area contributed by atoms with Gasteiger partial charge in [0.2, 0.25) is 15.9 Å². The number of nitrogens with one attached hydrogen (secondary N) is 2. The van der Waals surface area contributed by atoms with Crippen LogP contribution in [0, 0.1) is 0 Å². The molecule has 1 aromatic heterocycles. The zero-order chi connectivity index (χ0) is 14.5. The second-order valence-electron chi connectivity index (χ2n) is 3.48. The van der Waals surface area contributed by atoms with Gasteiger partial charge >= 0.3 is 5.97 Å². The average Bonchev–Trinajstić information content (AvgIpc) is 2.77. The number of aromatic carboxylic acids is 1. The van der Waals surface area contributed by atoms with Crippen molar-refractivity contribution in [2.24, 2.45) is 0 Å². The molecule has 0 aliphatic rings. The van der Waals surface area contributed by atoms with Gasteiger partial charge in [0.15, 0.2) is 5.69 Å². The first-order chi connectivity index (χ1) is 8.84. The molecule has 19 heavy (non-hydrogen) atoms. The van der Waals surface area contributed by atoms with Gasteiger partial charge in [0.1, 0.15) is 6.54 Å². The van der Waals surface area contributed by atoms with E-state index in [-0.39, 0.29) is 24.5 Å². The lowest BCUT2D eigenvalue weighted by Crippen LogP contribution is -2.34. The largest absolute Gasteiger partial charge is 0.476 e. The van der Waals surface area contributed by atoms with Crippen molar-refractivity contribution in [2.75, 3.05) is 19.3 Å². The summed E-state index contributed by atoms with van der Waals surface area (Å²) < 4.78 is 25.3. The normalized spacial score (nSPS) is 11.2. The average molecular weight is 291 g/mol. The van der Waals surface area contributed by atoms with Gasteiger partial charge in [-0.1, -0.05) is 5.21 Å². The number of sulfonamides is 1. The van der Waals surface area contributed by atoms with E-state index < -0.39 is 21.9 Å². The Morgan fingerprint density at radius 1 is 1.47 bits per heavy atom. The minimum absolute atomic E-state index is 0.0531. The molecule has 3 N–H and O–H groups in total. The molecule has 0 atom stereocenters. The standard InChI is InChI=1S/C8H13N5O5S/c1-9-19(17,18)3-2-10-7(14)5-13-4-6(8(15)16)11-12-13/h4,9H,2-3,5H2,1H3,(H,10,14)(H,15,16). The minimum atomic E-state index is -3.37. The maximum Gasteiger partial charge on any atom is 0.358 e. The van der Waals surface area contributed by atoms with Crippen molar-refractivity contribution in [3.8, 4) is 0 Å². The number of carboxylic acids is 1. The van der Waals surface area contributed by atoms with E-state index in [1.165, 1.54) is 7.05 Å². The number of aromatic nitrogens is 3. The zero-order valence-electron chi connectivity index (χ0n) is 10.0. The number of carbonyl (C=O) groups is 2. The van der Waals surface area contributed by atoms with Crippen LogP contribution in [0.15, 0.2) is 6.20 Å². The van der Waals surface area contributed by atoms with Crippen molar-refractivity contribution in [3.63, 3.8) is 0 Å². The van der Waals surface area contributed by atoms with Crippen molar-refractivity contribution in [1.29, 1.82) is 0 Å². The molecule has 0 spiro atoms. The molecule has 1 amide bonds. The van der Waals surface area contributed by atoms with Crippen LogP contribution in [0.2, 0.25) is 0 Å². The van der Waals surface area contributed by atoms with Gasteiger partial charge in [-0.15, -0.1) is 5.10 Å². The van der Waals surface area contributed by atoms with Crippen LogP contribution in [0.25, 0.3) is 0 Å². The summed E-state index contributed by atoms with van der Waals surface area (Å²) in [5.74, 6) is -1.98. The molecule has 1 aromatic rings. The molecule has 0 saturated carbocycles. The second kappa shape index (κ2) is 6.24. The van der Waals surface area contributed by atoms with Crippen LogP contribution in [0.1, 0.15) is 10.5 Å². The molecule has 106 valence electrons. The van der Waals surface area contributed by atoms with Crippen LogP contribution >= 0.6 is 0 Å².